The van der Waals surface area contributed by atoms with Crippen molar-refractivity contribution in [2.24, 2.45) is 5.92 Å². The Bertz CT molecular complexity index is 304. The second-order valence-electron chi connectivity index (χ2n) is 3.02. The highest BCUT2D eigenvalue weighted by Gasteiger charge is 2.45. The number of hydrogen-bond donors (Lipinski definition) is 0. The molecule has 1 fully saturated rings. The topological polar surface area (TPSA) is 18.5 Å². The molecule has 3 unspecified atom stereocenters. The van der Waals surface area contributed by atoms with Crippen molar-refractivity contribution in [3.63, 3.8) is 0 Å². The Kier molecular flexibility index (Phi) is 1.31. The van der Waals surface area contributed by atoms with Crippen LogP contribution >= 0.6 is 11.3 Å². The molecule has 0 amide bonds. The molecule has 0 bridgehead atoms. The summed E-state index contributed by atoms with van der Waals surface area (Å²) in [7, 11) is 0. The molecule has 0 radical (unpaired) electrons. The van der Waals surface area contributed by atoms with Gasteiger partial charge in [0.2, 0.25) is 6.29 Å². The predicted octanol–water partition coefficient (Wildman–Crippen LogP) is 2.31. The Morgan fingerprint density at radius 1 is 1.42 bits per heavy atom. The van der Waals surface area contributed by atoms with E-state index in [2.05, 4.69) is 22.9 Å². The summed E-state index contributed by atoms with van der Waals surface area (Å²) in [6.45, 7) is 0. The standard InChI is InChI=1S/C9H8O2S/c1-3-10-9-7(1)8(11-9)6-2-4-12-5-6/h1-5,7-9H. The molecular formula is C9H8O2S. The fourth-order valence-electron chi connectivity index (χ4n) is 1.64. The Morgan fingerprint density at radius 2 is 2.42 bits per heavy atom. The predicted molar refractivity (Wildman–Crippen MR) is 45.6 cm³/mol. The van der Waals surface area contributed by atoms with Crippen LogP contribution in [0.15, 0.2) is 29.2 Å². The van der Waals surface area contributed by atoms with Crippen molar-refractivity contribution >= 4 is 11.3 Å². The lowest BCUT2D eigenvalue weighted by atomic mass is 9.93. The van der Waals surface area contributed by atoms with E-state index < -0.39 is 0 Å². The summed E-state index contributed by atoms with van der Waals surface area (Å²) >= 11 is 1.71. The van der Waals surface area contributed by atoms with E-state index in [1.54, 1.807) is 17.6 Å². The van der Waals surface area contributed by atoms with Crippen molar-refractivity contribution < 1.29 is 9.47 Å². The SMILES string of the molecule is C1=CC2C(O1)OC2c1ccsc1. The molecule has 2 aliphatic heterocycles. The summed E-state index contributed by atoms with van der Waals surface area (Å²) in [4.78, 5) is 0. The second kappa shape index (κ2) is 2.34. The molecule has 3 rings (SSSR count). The van der Waals surface area contributed by atoms with Crippen molar-refractivity contribution in [3.8, 4) is 0 Å². The van der Waals surface area contributed by atoms with Gasteiger partial charge in [0.05, 0.1) is 18.3 Å². The summed E-state index contributed by atoms with van der Waals surface area (Å²) in [6, 6.07) is 2.11. The Balaban J connectivity index is 1.85. The number of thiophene rings is 1. The zero-order valence-corrected chi connectivity index (χ0v) is 7.16. The van der Waals surface area contributed by atoms with E-state index in [9.17, 15) is 0 Å². The molecule has 0 spiro atoms. The molecule has 12 heavy (non-hydrogen) atoms. The van der Waals surface area contributed by atoms with E-state index in [4.69, 9.17) is 9.47 Å². The highest BCUT2D eigenvalue weighted by Crippen LogP contribution is 2.45. The molecule has 1 aromatic heterocycles. The molecule has 1 saturated heterocycles. The number of hydrogen-bond acceptors (Lipinski definition) is 3. The van der Waals surface area contributed by atoms with Gasteiger partial charge >= 0.3 is 0 Å². The molecule has 0 aromatic carbocycles. The molecule has 0 aliphatic carbocycles. The summed E-state index contributed by atoms with van der Waals surface area (Å²) in [5, 5.41) is 4.21. The minimum Gasteiger partial charge on any atom is -0.472 e. The maximum Gasteiger partial charge on any atom is 0.208 e. The highest BCUT2D eigenvalue weighted by molar-refractivity contribution is 7.07. The lowest BCUT2D eigenvalue weighted by molar-refractivity contribution is -0.257. The number of rotatable bonds is 1. The van der Waals surface area contributed by atoms with Crippen molar-refractivity contribution in [1.82, 2.24) is 0 Å². The van der Waals surface area contributed by atoms with Gasteiger partial charge in [-0.15, -0.1) is 0 Å². The van der Waals surface area contributed by atoms with Crippen LogP contribution < -0.4 is 0 Å². The first-order valence-corrected chi connectivity index (χ1v) is 4.89. The van der Waals surface area contributed by atoms with Crippen LogP contribution in [0.3, 0.4) is 0 Å². The van der Waals surface area contributed by atoms with E-state index in [-0.39, 0.29) is 12.4 Å². The van der Waals surface area contributed by atoms with Crippen molar-refractivity contribution in [2.45, 2.75) is 12.4 Å². The highest BCUT2D eigenvalue weighted by atomic mass is 32.1. The molecule has 0 saturated carbocycles. The maximum atomic E-state index is 5.53. The number of ether oxygens (including phenoxy) is 2. The quantitative estimate of drug-likeness (QED) is 0.660. The van der Waals surface area contributed by atoms with Gasteiger partial charge in [0.25, 0.3) is 0 Å². The molecule has 0 N–H and O–H groups in total. The average molecular weight is 180 g/mol. The smallest absolute Gasteiger partial charge is 0.208 e. The van der Waals surface area contributed by atoms with Gasteiger partial charge < -0.3 is 9.47 Å². The molecule has 2 nitrogen and oxygen atoms in total. The largest absolute Gasteiger partial charge is 0.472 e. The fourth-order valence-corrected chi connectivity index (χ4v) is 2.33. The summed E-state index contributed by atoms with van der Waals surface area (Å²) < 4.78 is 10.7. The molecule has 62 valence electrons. The van der Waals surface area contributed by atoms with Crippen LogP contribution in [0.1, 0.15) is 11.7 Å². The Hall–Kier alpha value is -0.800. The lowest BCUT2D eigenvalue weighted by Crippen LogP contribution is -2.39. The van der Waals surface area contributed by atoms with Crippen molar-refractivity contribution in [1.29, 1.82) is 0 Å². The van der Waals surface area contributed by atoms with E-state index in [0.29, 0.717) is 5.92 Å². The third kappa shape index (κ3) is 0.778. The lowest BCUT2D eigenvalue weighted by Gasteiger charge is -2.38. The fraction of sp³-hybridized carbons (Fsp3) is 0.333. The summed E-state index contributed by atoms with van der Waals surface area (Å²) in [5.74, 6) is 0.444. The zero-order valence-electron chi connectivity index (χ0n) is 6.34. The molecule has 3 heterocycles. The van der Waals surface area contributed by atoms with E-state index in [1.165, 1.54) is 5.56 Å². The average Bonchev–Trinajstić information content (AvgIpc) is 2.62. The van der Waals surface area contributed by atoms with E-state index >= 15 is 0 Å². The second-order valence-corrected chi connectivity index (χ2v) is 3.80. The molecule has 3 atom stereocenters. The van der Waals surface area contributed by atoms with Gasteiger partial charge in [-0.25, -0.2) is 0 Å². The van der Waals surface area contributed by atoms with Crippen LogP contribution in [0.2, 0.25) is 0 Å². The Morgan fingerprint density at radius 3 is 3.17 bits per heavy atom. The van der Waals surface area contributed by atoms with Gasteiger partial charge in [-0.05, 0) is 28.5 Å². The first-order valence-electron chi connectivity index (χ1n) is 3.95. The van der Waals surface area contributed by atoms with Gasteiger partial charge in [-0.2, -0.15) is 11.3 Å². The maximum absolute atomic E-state index is 5.53. The number of fused-ring (bicyclic) bond motifs is 1. The van der Waals surface area contributed by atoms with Crippen LogP contribution in [0.4, 0.5) is 0 Å². The third-order valence-electron chi connectivity index (χ3n) is 2.33. The third-order valence-corrected chi connectivity index (χ3v) is 3.03. The summed E-state index contributed by atoms with van der Waals surface area (Å²) in [5.41, 5.74) is 1.27. The summed E-state index contributed by atoms with van der Waals surface area (Å²) in [6.07, 6.45) is 4.05. The molecular weight excluding hydrogens is 172 g/mol. The van der Waals surface area contributed by atoms with Gasteiger partial charge in [-0.1, -0.05) is 0 Å². The monoisotopic (exact) mass is 180 g/mol. The normalized spacial score (nSPS) is 37.2. The van der Waals surface area contributed by atoms with Crippen LogP contribution in [0.5, 0.6) is 0 Å². The van der Waals surface area contributed by atoms with Crippen LogP contribution in [0.25, 0.3) is 0 Å². The van der Waals surface area contributed by atoms with Crippen molar-refractivity contribution in [2.75, 3.05) is 0 Å². The van der Waals surface area contributed by atoms with Gasteiger partial charge in [-0.3, -0.25) is 0 Å². The van der Waals surface area contributed by atoms with E-state index in [0.717, 1.165) is 0 Å². The minimum atomic E-state index is -0.00472. The van der Waals surface area contributed by atoms with Crippen LogP contribution in [0, 0.1) is 5.92 Å². The van der Waals surface area contributed by atoms with Gasteiger partial charge in [0, 0.05) is 0 Å². The minimum absolute atomic E-state index is 0.00472. The van der Waals surface area contributed by atoms with Gasteiger partial charge in [0.1, 0.15) is 0 Å². The zero-order chi connectivity index (χ0) is 7.97. The van der Waals surface area contributed by atoms with Crippen LogP contribution in [-0.4, -0.2) is 6.29 Å². The Labute approximate surface area is 74.4 Å². The van der Waals surface area contributed by atoms with E-state index in [1.807, 2.05) is 0 Å². The molecule has 2 aliphatic rings. The first-order chi connectivity index (χ1) is 5.95. The first kappa shape index (κ1) is 6.69. The molecule has 1 aromatic rings. The van der Waals surface area contributed by atoms with Crippen molar-refractivity contribution in [3.05, 3.63) is 34.7 Å². The van der Waals surface area contributed by atoms with Gasteiger partial charge in [0.15, 0.2) is 0 Å². The molecule has 3 heteroatoms. The van der Waals surface area contributed by atoms with Crippen LogP contribution in [-0.2, 0) is 9.47 Å².